The van der Waals surface area contributed by atoms with Crippen LogP contribution in [0, 0.1) is 36.1 Å². The number of benzene rings is 2. The van der Waals surface area contributed by atoms with Gasteiger partial charge in [0.05, 0.1) is 0 Å². The normalized spacial score (nSPS) is 21.7. The molecule has 0 aliphatic heterocycles. The third kappa shape index (κ3) is 3.65. The quantitative estimate of drug-likeness (QED) is 0.465. The van der Waals surface area contributed by atoms with Gasteiger partial charge in [-0.05, 0) is 43.2 Å². The Hall–Kier alpha value is -1.98. The fourth-order valence-electron chi connectivity index (χ4n) is 4.12. The van der Waals surface area contributed by atoms with Crippen molar-refractivity contribution in [2.45, 2.75) is 57.8 Å². The second-order valence-electron chi connectivity index (χ2n) is 7.61. The Morgan fingerprint density at radius 3 is 2.07 bits per heavy atom. The van der Waals surface area contributed by atoms with Crippen LogP contribution in [-0.4, -0.2) is 5.92 Å². The molecule has 6 heteroatoms. The fraction of sp³-hybridized carbons (Fsp3) is 0.455. The number of hydrogen-bond donors (Lipinski definition) is 0. The lowest BCUT2D eigenvalue weighted by molar-refractivity contribution is -0.0947. The molecule has 1 saturated carbocycles. The highest BCUT2D eigenvalue weighted by Crippen LogP contribution is 2.48. The summed E-state index contributed by atoms with van der Waals surface area (Å²) in [7, 11) is 0. The molecule has 2 aromatic rings. The maximum Gasteiger partial charge on any atom is 0.251 e. The first-order valence-corrected chi connectivity index (χ1v) is 9.48. The second kappa shape index (κ2) is 7.80. The molecule has 0 amide bonds. The predicted molar refractivity (Wildman–Crippen MR) is 96.4 cm³/mol. The summed E-state index contributed by atoms with van der Waals surface area (Å²) in [5.74, 6) is -9.51. The first-order valence-electron chi connectivity index (χ1n) is 9.48. The van der Waals surface area contributed by atoms with E-state index in [-0.39, 0.29) is 17.5 Å². The number of aryl methyl sites for hydroxylation is 1. The highest BCUT2D eigenvalue weighted by molar-refractivity contribution is 5.66. The standard InChI is InChI=1S/C22H22F6/c1-3-4-14-7-6-13(11-22(14,27)28)15-9-10-17(21(26)19(15)24)16-8-5-12(2)18(23)20(16)25/h5,8-10,13-14H,3-4,6-7,11H2,1-2H3. The molecule has 2 atom stereocenters. The van der Waals surface area contributed by atoms with Gasteiger partial charge in [0.2, 0.25) is 0 Å². The Balaban J connectivity index is 1.95. The van der Waals surface area contributed by atoms with Gasteiger partial charge in [-0.1, -0.05) is 37.6 Å². The van der Waals surface area contributed by atoms with Crippen molar-refractivity contribution in [3.8, 4) is 11.1 Å². The smallest absolute Gasteiger partial charge is 0.207 e. The first kappa shape index (κ1) is 20.7. The maximum absolute atomic E-state index is 14.7. The highest BCUT2D eigenvalue weighted by Gasteiger charge is 2.45. The molecule has 3 rings (SSSR count). The molecule has 0 N–H and O–H groups in total. The van der Waals surface area contributed by atoms with Crippen LogP contribution in [0.2, 0.25) is 0 Å². The molecular formula is C22H22F6. The zero-order valence-electron chi connectivity index (χ0n) is 15.8. The zero-order valence-corrected chi connectivity index (χ0v) is 15.8. The molecule has 0 nitrogen and oxygen atoms in total. The van der Waals surface area contributed by atoms with Crippen molar-refractivity contribution >= 4 is 0 Å². The Kier molecular flexibility index (Phi) is 5.78. The summed E-state index contributed by atoms with van der Waals surface area (Å²) >= 11 is 0. The minimum absolute atomic E-state index is 0.0461. The SMILES string of the molecule is CCCC1CCC(c2ccc(-c3ccc(C)c(F)c3F)c(F)c2F)CC1(F)F. The fourth-order valence-corrected chi connectivity index (χ4v) is 4.12. The number of halogens is 6. The Bertz CT molecular complexity index is 874. The molecule has 1 fully saturated rings. The molecule has 1 aliphatic rings. The van der Waals surface area contributed by atoms with Crippen molar-refractivity contribution in [3.63, 3.8) is 0 Å². The molecule has 152 valence electrons. The molecule has 0 spiro atoms. The van der Waals surface area contributed by atoms with E-state index in [0.717, 1.165) is 6.07 Å². The van der Waals surface area contributed by atoms with Gasteiger partial charge < -0.3 is 0 Å². The molecular weight excluding hydrogens is 378 g/mol. The van der Waals surface area contributed by atoms with Gasteiger partial charge in [0, 0.05) is 23.5 Å². The zero-order chi connectivity index (χ0) is 20.6. The Morgan fingerprint density at radius 2 is 1.46 bits per heavy atom. The van der Waals surface area contributed by atoms with E-state index in [1.807, 2.05) is 6.92 Å². The average Bonchev–Trinajstić information content (AvgIpc) is 2.64. The van der Waals surface area contributed by atoms with Crippen LogP contribution in [0.1, 0.15) is 56.1 Å². The molecule has 0 bridgehead atoms. The largest absolute Gasteiger partial charge is 0.251 e. The van der Waals surface area contributed by atoms with E-state index < -0.39 is 58.6 Å². The molecule has 0 aromatic heterocycles. The van der Waals surface area contributed by atoms with Crippen molar-refractivity contribution in [2.24, 2.45) is 5.92 Å². The van der Waals surface area contributed by atoms with Crippen molar-refractivity contribution in [3.05, 3.63) is 58.7 Å². The molecule has 2 aromatic carbocycles. The van der Waals surface area contributed by atoms with E-state index in [4.69, 9.17) is 0 Å². The molecule has 0 heterocycles. The van der Waals surface area contributed by atoms with E-state index in [1.54, 1.807) is 0 Å². The van der Waals surface area contributed by atoms with Crippen LogP contribution < -0.4 is 0 Å². The minimum Gasteiger partial charge on any atom is -0.207 e. The number of hydrogen-bond acceptors (Lipinski definition) is 0. The molecule has 28 heavy (non-hydrogen) atoms. The van der Waals surface area contributed by atoms with Gasteiger partial charge in [-0.15, -0.1) is 0 Å². The van der Waals surface area contributed by atoms with Gasteiger partial charge in [0.1, 0.15) is 0 Å². The average molecular weight is 400 g/mol. The lowest BCUT2D eigenvalue weighted by Gasteiger charge is -2.36. The van der Waals surface area contributed by atoms with E-state index in [0.29, 0.717) is 19.3 Å². The third-order valence-corrected chi connectivity index (χ3v) is 5.73. The highest BCUT2D eigenvalue weighted by atomic mass is 19.3. The molecule has 0 saturated heterocycles. The topological polar surface area (TPSA) is 0 Å². The van der Waals surface area contributed by atoms with Crippen molar-refractivity contribution in [2.75, 3.05) is 0 Å². The van der Waals surface area contributed by atoms with E-state index in [2.05, 4.69) is 0 Å². The maximum atomic E-state index is 14.7. The molecule has 0 radical (unpaired) electrons. The first-order chi connectivity index (χ1) is 13.2. The van der Waals surface area contributed by atoms with Crippen molar-refractivity contribution in [1.29, 1.82) is 0 Å². The molecule has 2 unspecified atom stereocenters. The van der Waals surface area contributed by atoms with Gasteiger partial charge in [0.15, 0.2) is 23.3 Å². The lowest BCUT2D eigenvalue weighted by Crippen LogP contribution is -2.35. The monoisotopic (exact) mass is 400 g/mol. The van der Waals surface area contributed by atoms with Gasteiger partial charge in [-0.3, -0.25) is 0 Å². The lowest BCUT2D eigenvalue weighted by atomic mass is 9.74. The van der Waals surface area contributed by atoms with Crippen LogP contribution in [0.25, 0.3) is 11.1 Å². The van der Waals surface area contributed by atoms with Crippen LogP contribution in [0.15, 0.2) is 24.3 Å². The minimum atomic E-state index is -2.94. The van der Waals surface area contributed by atoms with Crippen LogP contribution in [0.5, 0.6) is 0 Å². The summed E-state index contributed by atoms with van der Waals surface area (Å²) in [5.41, 5.74) is -0.916. The summed E-state index contributed by atoms with van der Waals surface area (Å²) in [6.07, 6.45) is 1.07. The number of alkyl halides is 2. The number of rotatable bonds is 4. The van der Waals surface area contributed by atoms with Gasteiger partial charge in [-0.2, -0.15) is 0 Å². The second-order valence-corrected chi connectivity index (χ2v) is 7.61. The van der Waals surface area contributed by atoms with E-state index >= 15 is 0 Å². The van der Waals surface area contributed by atoms with Crippen LogP contribution in [-0.2, 0) is 0 Å². The Labute approximate surface area is 160 Å². The van der Waals surface area contributed by atoms with Crippen LogP contribution >= 0.6 is 0 Å². The summed E-state index contributed by atoms with van der Waals surface area (Å²) in [6, 6.07) is 4.80. The predicted octanol–water partition coefficient (Wildman–Crippen LogP) is 7.54. The van der Waals surface area contributed by atoms with Gasteiger partial charge in [0.25, 0.3) is 5.92 Å². The summed E-state index contributed by atoms with van der Waals surface area (Å²) < 4.78 is 86.1. The molecule has 1 aliphatic carbocycles. The summed E-state index contributed by atoms with van der Waals surface area (Å²) in [5, 5.41) is 0. The van der Waals surface area contributed by atoms with Crippen LogP contribution in [0.4, 0.5) is 26.3 Å². The summed E-state index contributed by atoms with van der Waals surface area (Å²) in [6.45, 7) is 3.19. The van der Waals surface area contributed by atoms with Crippen LogP contribution in [0.3, 0.4) is 0 Å². The van der Waals surface area contributed by atoms with Gasteiger partial charge >= 0.3 is 0 Å². The summed E-state index contributed by atoms with van der Waals surface area (Å²) in [4.78, 5) is 0. The van der Waals surface area contributed by atoms with E-state index in [1.165, 1.54) is 25.1 Å². The van der Waals surface area contributed by atoms with E-state index in [9.17, 15) is 26.3 Å². The van der Waals surface area contributed by atoms with Crippen molar-refractivity contribution < 1.29 is 26.3 Å². The van der Waals surface area contributed by atoms with Crippen molar-refractivity contribution in [1.82, 2.24) is 0 Å². The Morgan fingerprint density at radius 1 is 0.857 bits per heavy atom. The van der Waals surface area contributed by atoms with Gasteiger partial charge in [-0.25, -0.2) is 26.3 Å². The third-order valence-electron chi connectivity index (χ3n) is 5.73.